The summed E-state index contributed by atoms with van der Waals surface area (Å²) < 4.78 is 30.8. The molecule has 1 aromatic heterocycles. The van der Waals surface area contributed by atoms with Crippen LogP contribution in [0.2, 0.25) is 0 Å². The molecule has 2 aliphatic heterocycles. The number of halogens is 1. The maximum absolute atomic E-state index is 13.3. The number of carboxylic acid groups (broad SMARTS) is 1. The third-order valence-electron chi connectivity index (χ3n) is 8.89. The van der Waals surface area contributed by atoms with E-state index in [1.807, 2.05) is 43.3 Å². The highest BCUT2D eigenvalue weighted by molar-refractivity contribution is 5.90. The number of benzene rings is 3. The molecule has 7 nitrogen and oxygen atoms in total. The maximum Gasteiger partial charge on any atom is 0.307 e. The van der Waals surface area contributed by atoms with Crippen molar-refractivity contribution < 1.29 is 28.5 Å². The molecule has 46 heavy (non-hydrogen) atoms. The number of nitrogens with zero attached hydrogens (tertiary/aromatic N) is 1. The van der Waals surface area contributed by atoms with Crippen molar-refractivity contribution in [3.05, 3.63) is 101 Å². The largest absolute Gasteiger partial charge is 0.493 e. The van der Waals surface area contributed by atoms with Crippen molar-refractivity contribution in [3.63, 3.8) is 0 Å². The molecule has 0 radical (unpaired) electrons. The van der Waals surface area contributed by atoms with Crippen LogP contribution in [0.5, 0.6) is 11.5 Å². The fourth-order valence-electron chi connectivity index (χ4n) is 6.44. The molecule has 0 bridgehead atoms. The maximum atomic E-state index is 13.3. The molecule has 4 aromatic rings. The molecule has 240 valence electrons. The quantitative estimate of drug-likeness (QED) is 0.176. The van der Waals surface area contributed by atoms with Gasteiger partial charge < -0.3 is 24.6 Å². The number of pyridine rings is 1. The zero-order chi connectivity index (χ0) is 31.9. The molecule has 3 heterocycles. The first-order valence-electron chi connectivity index (χ1n) is 16.2. The zero-order valence-corrected chi connectivity index (χ0v) is 26.3. The van der Waals surface area contributed by atoms with Crippen molar-refractivity contribution in [3.8, 4) is 33.8 Å². The second-order valence-electron chi connectivity index (χ2n) is 12.2. The second kappa shape index (κ2) is 14.9. The average molecular weight is 625 g/mol. The number of aryl methyl sites for hydroxylation is 2. The van der Waals surface area contributed by atoms with Gasteiger partial charge in [-0.2, -0.15) is 0 Å². The minimum atomic E-state index is -0.895. The SMILES string of the molecule is Cc1nc(CNCC2CCOCC2)c(-c2ccc(OCCc3ccc(F)cc3)cc2)c(-c2ccc3c(c2)CCCO3)c1CC(=O)O. The van der Waals surface area contributed by atoms with Crippen LogP contribution in [0.4, 0.5) is 4.39 Å². The highest BCUT2D eigenvalue weighted by Gasteiger charge is 2.24. The third-order valence-corrected chi connectivity index (χ3v) is 8.89. The van der Waals surface area contributed by atoms with E-state index in [0.29, 0.717) is 37.7 Å². The molecule has 0 saturated carbocycles. The van der Waals surface area contributed by atoms with Gasteiger partial charge in [0.1, 0.15) is 17.3 Å². The Morgan fingerprint density at radius 3 is 2.52 bits per heavy atom. The number of carbonyl (C=O) groups is 1. The molecule has 0 amide bonds. The summed E-state index contributed by atoms with van der Waals surface area (Å²) in [7, 11) is 0. The first-order valence-corrected chi connectivity index (χ1v) is 16.2. The summed E-state index contributed by atoms with van der Waals surface area (Å²) in [5, 5.41) is 13.6. The molecule has 0 unspecified atom stereocenters. The Kier molecular flexibility index (Phi) is 10.3. The van der Waals surface area contributed by atoms with Crippen molar-refractivity contribution in [1.29, 1.82) is 0 Å². The molecule has 3 aromatic carbocycles. The molecule has 2 aliphatic rings. The molecule has 0 atom stereocenters. The van der Waals surface area contributed by atoms with Gasteiger partial charge in [0.25, 0.3) is 0 Å². The lowest BCUT2D eigenvalue weighted by Crippen LogP contribution is -2.28. The standard InChI is InChI=1S/C38H41FN2O5/c1-25-33(22-36(42)43)37(30-8-13-35-29(21-30)3-2-17-46-35)38(34(41-25)24-40-23-27-14-18-44-19-15-27)28-6-11-32(12-7-28)45-20-16-26-4-9-31(39)10-5-26/h4-13,21,27,40H,2-3,14-20,22-24H2,1H3,(H,42,43). The van der Waals surface area contributed by atoms with Gasteiger partial charge in [-0.25, -0.2) is 4.39 Å². The van der Waals surface area contributed by atoms with Crippen LogP contribution in [-0.2, 0) is 35.3 Å². The van der Waals surface area contributed by atoms with E-state index in [1.54, 1.807) is 12.1 Å². The number of hydrogen-bond donors (Lipinski definition) is 2. The van der Waals surface area contributed by atoms with Crippen LogP contribution >= 0.6 is 0 Å². The van der Waals surface area contributed by atoms with Crippen LogP contribution < -0.4 is 14.8 Å². The number of hydrogen-bond acceptors (Lipinski definition) is 6. The van der Waals surface area contributed by atoms with E-state index in [1.165, 1.54) is 12.1 Å². The fourth-order valence-corrected chi connectivity index (χ4v) is 6.44. The Bertz CT molecular complexity index is 1650. The van der Waals surface area contributed by atoms with Crippen molar-refractivity contribution in [2.45, 2.75) is 52.0 Å². The van der Waals surface area contributed by atoms with Gasteiger partial charge in [0, 0.05) is 37.4 Å². The Morgan fingerprint density at radius 2 is 1.76 bits per heavy atom. The number of ether oxygens (including phenoxy) is 3. The summed E-state index contributed by atoms with van der Waals surface area (Å²) in [6, 6.07) is 20.6. The molecule has 8 heteroatoms. The number of nitrogens with one attached hydrogen (secondary N) is 1. The van der Waals surface area contributed by atoms with E-state index in [9.17, 15) is 14.3 Å². The highest BCUT2D eigenvalue weighted by atomic mass is 19.1. The minimum Gasteiger partial charge on any atom is -0.493 e. The monoisotopic (exact) mass is 624 g/mol. The van der Waals surface area contributed by atoms with Crippen LogP contribution in [-0.4, -0.2) is 49.0 Å². The summed E-state index contributed by atoms with van der Waals surface area (Å²) in [5.74, 6) is 1.02. The minimum absolute atomic E-state index is 0.130. The summed E-state index contributed by atoms with van der Waals surface area (Å²) >= 11 is 0. The molecule has 6 rings (SSSR count). The van der Waals surface area contributed by atoms with E-state index in [-0.39, 0.29) is 12.2 Å². The van der Waals surface area contributed by atoms with Crippen LogP contribution in [0.3, 0.4) is 0 Å². The zero-order valence-electron chi connectivity index (χ0n) is 26.3. The lowest BCUT2D eigenvalue weighted by molar-refractivity contribution is -0.136. The Labute approximate surface area is 269 Å². The highest BCUT2D eigenvalue weighted by Crippen LogP contribution is 2.41. The normalized spacial score (nSPS) is 14.8. The molecular formula is C38H41FN2O5. The van der Waals surface area contributed by atoms with Gasteiger partial charge >= 0.3 is 5.97 Å². The summed E-state index contributed by atoms with van der Waals surface area (Å²) in [6.07, 6.45) is 4.47. The summed E-state index contributed by atoms with van der Waals surface area (Å²) in [6.45, 7) is 6.09. The lowest BCUT2D eigenvalue weighted by Gasteiger charge is -2.24. The number of rotatable bonds is 12. The topological polar surface area (TPSA) is 89.9 Å². The van der Waals surface area contributed by atoms with E-state index in [0.717, 1.165) is 102 Å². The van der Waals surface area contributed by atoms with Gasteiger partial charge in [-0.15, -0.1) is 0 Å². The summed E-state index contributed by atoms with van der Waals surface area (Å²) in [5.41, 5.74) is 8.19. The number of fused-ring (bicyclic) bond motifs is 1. The number of aromatic nitrogens is 1. The van der Waals surface area contributed by atoms with Gasteiger partial charge in [0.15, 0.2) is 0 Å². The molecule has 0 aliphatic carbocycles. The van der Waals surface area contributed by atoms with Crippen molar-refractivity contribution >= 4 is 5.97 Å². The van der Waals surface area contributed by atoms with Gasteiger partial charge in [-0.05, 0) is 115 Å². The number of aliphatic carboxylic acids is 1. The van der Waals surface area contributed by atoms with E-state index < -0.39 is 5.97 Å². The molecular weight excluding hydrogens is 583 g/mol. The van der Waals surface area contributed by atoms with Crippen LogP contribution in [0.1, 0.15) is 47.3 Å². The number of carboxylic acids is 1. The van der Waals surface area contributed by atoms with E-state index in [2.05, 4.69) is 11.4 Å². The predicted molar refractivity (Wildman–Crippen MR) is 176 cm³/mol. The molecule has 0 spiro atoms. The summed E-state index contributed by atoms with van der Waals surface area (Å²) in [4.78, 5) is 17.2. The van der Waals surface area contributed by atoms with Crippen molar-refractivity contribution in [2.75, 3.05) is 33.0 Å². The second-order valence-corrected chi connectivity index (χ2v) is 12.2. The Hall–Kier alpha value is -4.27. The fraction of sp³-hybridized carbons (Fsp3) is 0.368. The average Bonchev–Trinajstić information content (AvgIpc) is 3.07. The lowest BCUT2D eigenvalue weighted by atomic mass is 9.86. The van der Waals surface area contributed by atoms with E-state index in [4.69, 9.17) is 19.2 Å². The van der Waals surface area contributed by atoms with E-state index >= 15 is 0 Å². The Balaban J connectivity index is 1.36. The Morgan fingerprint density at radius 1 is 1.00 bits per heavy atom. The van der Waals surface area contributed by atoms with Gasteiger partial charge in [-0.1, -0.05) is 30.3 Å². The predicted octanol–water partition coefficient (Wildman–Crippen LogP) is 6.95. The molecule has 2 N–H and O–H groups in total. The first-order chi connectivity index (χ1) is 22.4. The van der Waals surface area contributed by atoms with Crippen molar-refractivity contribution in [1.82, 2.24) is 10.3 Å². The third kappa shape index (κ3) is 7.74. The van der Waals surface area contributed by atoms with Gasteiger partial charge in [0.2, 0.25) is 0 Å². The molecule has 1 saturated heterocycles. The first kappa shape index (κ1) is 31.7. The van der Waals surface area contributed by atoms with Gasteiger partial charge in [0.05, 0.1) is 25.3 Å². The van der Waals surface area contributed by atoms with Crippen molar-refractivity contribution in [2.24, 2.45) is 5.92 Å². The van der Waals surface area contributed by atoms with Crippen LogP contribution in [0.15, 0.2) is 66.7 Å². The van der Waals surface area contributed by atoms with Crippen LogP contribution in [0.25, 0.3) is 22.3 Å². The molecule has 1 fully saturated rings. The smallest absolute Gasteiger partial charge is 0.307 e. The van der Waals surface area contributed by atoms with Gasteiger partial charge in [-0.3, -0.25) is 9.78 Å². The van der Waals surface area contributed by atoms with Crippen LogP contribution in [0, 0.1) is 18.7 Å².